The molecule has 0 radical (unpaired) electrons. The van der Waals surface area contributed by atoms with E-state index in [-0.39, 0.29) is 5.91 Å². The number of thiocarbonyl (C=S) groups is 1. The van der Waals surface area contributed by atoms with Gasteiger partial charge in [-0.25, -0.2) is 0 Å². The van der Waals surface area contributed by atoms with Crippen LogP contribution in [0.5, 0.6) is 0 Å². The minimum atomic E-state index is -0.0654. The number of rotatable bonds is 8. The van der Waals surface area contributed by atoms with E-state index in [9.17, 15) is 4.79 Å². The summed E-state index contributed by atoms with van der Waals surface area (Å²) < 4.78 is 1.74. The number of carbonyl (C=O) groups is 1. The number of aryl methyl sites for hydroxylation is 2. The Morgan fingerprint density at radius 3 is 2.79 bits per heavy atom. The van der Waals surface area contributed by atoms with E-state index in [0.717, 1.165) is 31.4 Å². The summed E-state index contributed by atoms with van der Waals surface area (Å²) in [6.45, 7) is 5.34. The Kier molecular flexibility index (Phi) is 6.49. The first kappa shape index (κ1) is 15.6. The largest absolute Gasteiger partial charge is 0.393 e. The minimum Gasteiger partial charge on any atom is -0.393 e. The SMILES string of the molecule is CCc1cc(C(=O)NCCCCC(N)=S)n(CC)n1. The molecule has 1 rings (SSSR count). The van der Waals surface area contributed by atoms with E-state index in [0.29, 0.717) is 23.8 Å². The van der Waals surface area contributed by atoms with E-state index < -0.39 is 0 Å². The number of unbranched alkanes of at least 4 members (excludes halogenated alkanes) is 1. The number of carbonyl (C=O) groups excluding carboxylic acids is 1. The number of amides is 1. The third-order valence-electron chi connectivity index (χ3n) is 2.86. The Hall–Kier alpha value is -1.43. The quantitative estimate of drug-likeness (QED) is 0.562. The molecule has 1 amide bonds. The number of aromatic nitrogens is 2. The van der Waals surface area contributed by atoms with Crippen LogP contribution >= 0.6 is 12.2 Å². The highest BCUT2D eigenvalue weighted by Crippen LogP contribution is 2.05. The lowest BCUT2D eigenvalue weighted by atomic mass is 10.2. The number of nitrogens with two attached hydrogens (primary N) is 1. The summed E-state index contributed by atoms with van der Waals surface area (Å²) in [6, 6.07) is 1.86. The summed E-state index contributed by atoms with van der Waals surface area (Å²) in [5.41, 5.74) is 6.99. The van der Waals surface area contributed by atoms with Crippen molar-refractivity contribution in [3.05, 3.63) is 17.5 Å². The lowest BCUT2D eigenvalue weighted by Crippen LogP contribution is -2.27. The second-order valence-corrected chi connectivity index (χ2v) is 4.89. The molecule has 3 N–H and O–H groups in total. The van der Waals surface area contributed by atoms with Crippen LogP contribution in [0.15, 0.2) is 6.07 Å². The van der Waals surface area contributed by atoms with E-state index >= 15 is 0 Å². The van der Waals surface area contributed by atoms with Crippen molar-refractivity contribution in [2.75, 3.05) is 6.54 Å². The second-order valence-electron chi connectivity index (χ2n) is 4.37. The Balaban J connectivity index is 2.44. The van der Waals surface area contributed by atoms with E-state index in [1.807, 2.05) is 19.9 Å². The Labute approximate surface area is 119 Å². The first-order valence-electron chi connectivity index (χ1n) is 6.71. The van der Waals surface area contributed by atoms with Crippen LogP contribution in [0.25, 0.3) is 0 Å². The van der Waals surface area contributed by atoms with Gasteiger partial charge in [0.25, 0.3) is 5.91 Å². The highest BCUT2D eigenvalue weighted by atomic mass is 32.1. The summed E-state index contributed by atoms with van der Waals surface area (Å²) in [6.07, 6.45) is 3.35. The molecule has 5 nitrogen and oxygen atoms in total. The minimum absolute atomic E-state index is 0.0654. The number of hydrogen-bond donors (Lipinski definition) is 2. The highest BCUT2D eigenvalue weighted by Gasteiger charge is 2.13. The van der Waals surface area contributed by atoms with Crippen molar-refractivity contribution in [2.24, 2.45) is 5.73 Å². The molecule has 0 fully saturated rings. The average Bonchev–Trinajstić information content (AvgIpc) is 2.81. The van der Waals surface area contributed by atoms with Gasteiger partial charge in [-0.3, -0.25) is 9.48 Å². The molecule has 106 valence electrons. The highest BCUT2D eigenvalue weighted by molar-refractivity contribution is 7.80. The van der Waals surface area contributed by atoms with Crippen LogP contribution < -0.4 is 11.1 Å². The van der Waals surface area contributed by atoms with Gasteiger partial charge in [0.15, 0.2) is 0 Å². The van der Waals surface area contributed by atoms with Gasteiger partial charge in [-0.1, -0.05) is 19.1 Å². The van der Waals surface area contributed by atoms with E-state index in [1.165, 1.54) is 0 Å². The average molecular weight is 282 g/mol. The van der Waals surface area contributed by atoms with Gasteiger partial charge in [-0.05, 0) is 38.7 Å². The maximum atomic E-state index is 12.0. The fourth-order valence-corrected chi connectivity index (χ4v) is 1.93. The zero-order valence-corrected chi connectivity index (χ0v) is 12.4. The monoisotopic (exact) mass is 282 g/mol. The van der Waals surface area contributed by atoms with E-state index in [1.54, 1.807) is 4.68 Å². The predicted octanol–water partition coefficient (Wildman–Crippen LogP) is 1.65. The van der Waals surface area contributed by atoms with Crippen LogP contribution in [0.1, 0.15) is 49.3 Å². The van der Waals surface area contributed by atoms with Gasteiger partial charge in [0.05, 0.1) is 10.7 Å². The molecule has 1 aromatic heterocycles. The second kappa shape index (κ2) is 7.89. The van der Waals surface area contributed by atoms with Gasteiger partial charge < -0.3 is 11.1 Å². The van der Waals surface area contributed by atoms with Gasteiger partial charge in [0, 0.05) is 13.1 Å². The van der Waals surface area contributed by atoms with Crippen LogP contribution in [0, 0.1) is 0 Å². The summed E-state index contributed by atoms with van der Waals surface area (Å²) in [5, 5.41) is 7.26. The first-order valence-corrected chi connectivity index (χ1v) is 7.12. The fourth-order valence-electron chi connectivity index (χ4n) is 1.78. The molecule has 0 bridgehead atoms. The van der Waals surface area contributed by atoms with Gasteiger partial charge in [0.1, 0.15) is 5.69 Å². The van der Waals surface area contributed by atoms with Crippen molar-refractivity contribution < 1.29 is 4.79 Å². The van der Waals surface area contributed by atoms with Crippen LogP contribution in [-0.2, 0) is 13.0 Å². The summed E-state index contributed by atoms with van der Waals surface area (Å²) in [7, 11) is 0. The molecule has 0 aliphatic carbocycles. The topological polar surface area (TPSA) is 72.9 Å². The number of nitrogens with one attached hydrogen (secondary N) is 1. The molecule has 0 spiro atoms. The third-order valence-corrected chi connectivity index (χ3v) is 3.06. The van der Waals surface area contributed by atoms with Gasteiger partial charge in [-0.15, -0.1) is 0 Å². The Morgan fingerprint density at radius 2 is 2.21 bits per heavy atom. The first-order chi connectivity index (χ1) is 9.08. The molecule has 0 aromatic carbocycles. The van der Waals surface area contributed by atoms with Gasteiger partial charge in [-0.2, -0.15) is 5.10 Å². The predicted molar refractivity (Wildman–Crippen MR) is 80.2 cm³/mol. The summed E-state index contributed by atoms with van der Waals surface area (Å²) in [5.74, 6) is -0.0654. The van der Waals surface area contributed by atoms with Crippen LogP contribution in [0.2, 0.25) is 0 Å². The molecular formula is C13H22N4OS. The van der Waals surface area contributed by atoms with Crippen LogP contribution in [-0.4, -0.2) is 27.2 Å². The number of nitrogens with zero attached hydrogens (tertiary/aromatic N) is 2. The molecule has 0 unspecified atom stereocenters. The lowest BCUT2D eigenvalue weighted by Gasteiger charge is -2.06. The zero-order valence-electron chi connectivity index (χ0n) is 11.6. The molecule has 0 aliphatic heterocycles. The molecule has 6 heteroatoms. The van der Waals surface area contributed by atoms with Gasteiger partial charge >= 0.3 is 0 Å². The third kappa shape index (κ3) is 4.98. The molecule has 0 saturated carbocycles. The maximum absolute atomic E-state index is 12.0. The van der Waals surface area contributed by atoms with Crippen molar-refractivity contribution in [3.63, 3.8) is 0 Å². The molecule has 1 aromatic rings. The smallest absolute Gasteiger partial charge is 0.269 e. The van der Waals surface area contributed by atoms with E-state index in [4.69, 9.17) is 18.0 Å². The zero-order chi connectivity index (χ0) is 14.3. The summed E-state index contributed by atoms with van der Waals surface area (Å²) in [4.78, 5) is 12.6. The van der Waals surface area contributed by atoms with Crippen LogP contribution in [0.4, 0.5) is 0 Å². The molecule has 19 heavy (non-hydrogen) atoms. The summed E-state index contributed by atoms with van der Waals surface area (Å²) >= 11 is 4.80. The van der Waals surface area contributed by atoms with E-state index in [2.05, 4.69) is 10.4 Å². The Bertz CT molecular complexity index is 442. The number of hydrogen-bond acceptors (Lipinski definition) is 3. The van der Waals surface area contributed by atoms with Crippen molar-refractivity contribution in [3.8, 4) is 0 Å². The van der Waals surface area contributed by atoms with Crippen molar-refractivity contribution in [2.45, 2.75) is 46.1 Å². The van der Waals surface area contributed by atoms with Crippen LogP contribution in [0.3, 0.4) is 0 Å². The molecule has 0 atom stereocenters. The van der Waals surface area contributed by atoms with Gasteiger partial charge in [0.2, 0.25) is 0 Å². The van der Waals surface area contributed by atoms with Crippen molar-refractivity contribution in [1.29, 1.82) is 0 Å². The molecule has 0 saturated heterocycles. The molecule has 1 heterocycles. The maximum Gasteiger partial charge on any atom is 0.269 e. The Morgan fingerprint density at radius 1 is 1.47 bits per heavy atom. The molecular weight excluding hydrogens is 260 g/mol. The van der Waals surface area contributed by atoms with Crippen molar-refractivity contribution >= 4 is 23.1 Å². The molecule has 0 aliphatic rings. The fraction of sp³-hybridized carbons (Fsp3) is 0.615. The lowest BCUT2D eigenvalue weighted by molar-refractivity contribution is 0.0942. The van der Waals surface area contributed by atoms with Crippen molar-refractivity contribution in [1.82, 2.24) is 15.1 Å². The standard InChI is InChI=1S/C13H22N4OS/c1-3-10-9-11(17(4-2)16-10)13(18)15-8-6-5-7-12(14)19/h9H,3-8H2,1-2H3,(H2,14,19)(H,15,18). The normalized spacial score (nSPS) is 10.4.